The highest BCUT2D eigenvalue weighted by atomic mass is 15.6. The molecule has 0 fully saturated rings. The number of hydrogen-bond acceptors (Lipinski definition) is 4. The topological polar surface area (TPSA) is 55.6 Å². The summed E-state index contributed by atoms with van der Waals surface area (Å²) in [4.78, 5) is 1.51. The van der Waals surface area contributed by atoms with Crippen LogP contribution in [0.5, 0.6) is 0 Å². The van der Waals surface area contributed by atoms with E-state index in [0.29, 0.717) is 11.8 Å². The van der Waals surface area contributed by atoms with Gasteiger partial charge in [-0.1, -0.05) is 20.8 Å². The highest BCUT2D eigenvalue weighted by Crippen LogP contribution is 2.04. The molecule has 1 aromatic heterocycles. The van der Waals surface area contributed by atoms with Gasteiger partial charge in [0.25, 0.3) is 0 Å². The van der Waals surface area contributed by atoms with Gasteiger partial charge in [0.1, 0.15) is 0 Å². The molecule has 1 atom stereocenters. The van der Waals surface area contributed by atoms with Crippen molar-refractivity contribution in [2.24, 2.45) is 18.9 Å². The molecular formula is C11H23N5. The maximum Gasteiger partial charge on any atom is 0.174 e. The smallest absolute Gasteiger partial charge is 0.174 e. The van der Waals surface area contributed by atoms with Crippen molar-refractivity contribution < 1.29 is 0 Å². The lowest BCUT2D eigenvalue weighted by Crippen LogP contribution is -2.25. The van der Waals surface area contributed by atoms with Gasteiger partial charge in [-0.05, 0) is 36.6 Å². The predicted octanol–water partition coefficient (Wildman–Crippen LogP) is 1.02. The minimum Gasteiger partial charge on any atom is -0.316 e. The molecular weight excluding hydrogens is 202 g/mol. The van der Waals surface area contributed by atoms with E-state index in [-0.39, 0.29) is 0 Å². The monoisotopic (exact) mass is 225 g/mol. The third-order valence-electron chi connectivity index (χ3n) is 2.46. The van der Waals surface area contributed by atoms with Crippen molar-refractivity contribution in [2.75, 3.05) is 13.1 Å². The van der Waals surface area contributed by atoms with Crippen LogP contribution < -0.4 is 5.32 Å². The minimum atomic E-state index is 0.655. The second-order valence-corrected chi connectivity index (χ2v) is 4.89. The van der Waals surface area contributed by atoms with Crippen LogP contribution in [0.2, 0.25) is 0 Å². The number of nitrogens with one attached hydrogen (secondary N) is 1. The summed E-state index contributed by atoms with van der Waals surface area (Å²) in [7, 11) is 1.80. The predicted molar refractivity (Wildman–Crippen MR) is 64.0 cm³/mol. The Morgan fingerprint density at radius 3 is 2.56 bits per heavy atom. The molecule has 92 valence electrons. The van der Waals surface area contributed by atoms with Crippen molar-refractivity contribution in [1.29, 1.82) is 0 Å². The highest BCUT2D eigenvalue weighted by Gasteiger charge is 2.06. The molecule has 0 radical (unpaired) electrons. The molecule has 0 aliphatic heterocycles. The Hall–Kier alpha value is -0.970. The molecule has 0 aromatic carbocycles. The number of hydrogen-bond donors (Lipinski definition) is 1. The molecule has 0 aliphatic carbocycles. The molecule has 5 nitrogen and oxygen atoms in total. The standard InChI is InChI=1S/C11H23N5/c1-9(2)7-12-8-10(3)5-6-11-13-15-16(4)14-11/h9-10,12H,5-8H2,1-4H3. The zero-order valence-electron chi connectivity index (χ0n) is 10.8. The zero-order valence-corrected chi connectivity index (χ0v) is 10.8. The van der Waals surface area contributed by atoms with Crippen molar-refractivity contribution in [3.8, 4) is 0 Å². The molecule has 1 N–H and O–H groups in total. The first kappa shape index (κ1) is 13.1. The van der Waals surface area contributed by atoms with Gasteiger partial charge < -0.3 is 5.32 Å². The maximum atomic E-state index is 4.17. The van der Waals surface area contributed by atoms with E-state index in [0.717, 1.165) is 31.8 Å². The van der Waals surface area contributed by atoms with E-state index >= 15 is 0 Å². The van der Waals surface area contributed by atoms with Crippen LogP contribution in [0.1, 0.15) is 33.0 Å². The van der Waals surface area contributed by atoms with Gasteiger partial charge in [0.2, 0.25) is 0 Å². The summed E-state index contributed by atoms with van der Waals surface area (Å²) in [5.41, 5.74) is 0. The lowest BCUT2D eigenvalue weighted by atomic mass is 10.1. The SMILES string of the molecule is CC(C)CNCC(C)CCc1nnn(C)n1. The summed E-state index contributed by atoms with van der Waals surface area (Å²) in [5, 5.41) is 15.4. The normalized spacial score (nSPS) is 13.3. The molecule has 0 amide bonds. The quantitative estimate of drug-likeness (QED) is 0.753. The number of nitrogens with zero attached hydrogens (tertiary/aromatic N) is 4. The summed E-state index contributed by atoms with van der Waals surface area (Å²) >= 11 is 0. The van der Waals surface area contributed by atoms with Crippen LogP contribution in [0, 0.1) is 11.8 Å². The van der Waals surface area contributed by atoms with Gasteiger partial charge in [0.15, 0.2) is 5.82 Å². The van der Waals surface area contributed by atoms with E-state index in [1.807, 2.05) is 0 Å². The average Bonchev–Trinajstić information content (AvgIpc) is 2.61. The molecule has 5 heteroatoms. The van der Waals surface area contributed by atoms with Crippen molar-refractivity contribution in [1.82, 2.24) is 25.5 Å². The van der Waals surface area contributed by atoms with Crippen molar-refractivity contribution >= 4 is 0 Å². The fourth-order valence-electron chi connectivity index (χ4n) is 1.52. The largest absolute Gasteiger partial charge is 0.316 e. The average molecular weight is 225 g/mol. The molecule has 0 bridgehead atoms. The molecule has 0 saturated carbocycles. The molecule has 1 heterocycles. The lowest BCUT2D eigenvalue weighted by molar-refractivity contribution is 0.450. The van der Waals surface area contributed by atoms with Gasteiger partial charge in [-0.15, -0.1) is 10.2 Å². The van der Waals surface area contributed by atoms with E-state index in [1.165, 1.54) is 4.80 Å². The Kier molecular flexibility index (Phi) is 5.38. The fraction of sp³-hybridized carbons (Fsp3) is 0.909. The molecule has 0 spiro atoms. The summed E-state index contributed by atoms with van der Waals surface area (Å²) in [6.45, 7) is 8.86. The van der Waals surface area contributed by atoms with Crippen LogP contribution in [0.25, 0.3) is 0 Å². The fourth-order valence-corrected chi connectivity index (χ4v) is 1.52. The van der Waals surface area contributed by atoms with Gasteiger partial charge in [-0.25, -0.2) is 0 Å². The van der Waals surface area contributed by atoms with Crippen LogP contribution in [0.3, 0.4) is 0 Å². The lowest BCUT2D eigenvalue weighted by Gasteiger charge is -2.12. The first-order chi connectivity index (χ1) is 7.58. The van der Waals surface area contributed by atoms with Gasteiger partial charge in [-0.2, -0.15) is 4.80 Å². The number of tetrazole rings is 1. The van der Waals surface area contributed by atoms with Crippen LogP contribution >= 0.6 is 0 Å². The van der Waals surface area contributed by atoms with E-state index in [1.54, 1.807) is 7.05 Å². The molecule has 0 aliphatic rings. The van der Waals surface area contributed by atoms with Crippen molar-refractivity contribution in [2.45, 2.75) is 33.6 Å². The summed E-state index contributed by atoms with van der Waals surface area (Å²) in [6.07, 6.45) is 2.02. The van der Waals surface area contributed by atoms with E-state index in [9.17, 15) is 0 Å². The van der Waals surface area contributed by atoms with Crippen LogP contribution in [0.15, 0.2) is 0 Å². The maximum absolute atomic E-state index is 4.17. The van der Waals surface area contributed by atoms with Crippen LogP contribution in [-0.2, 0) is 13.5 Å². The number of rotatable bonds is 7. The van der Waals surface area contributed by atoms with Crippen molar-refractivity contribution in [3.05, 3.63) is 5.82 Å². The Morgan fingerprint density at radius 2 is 2.00 bits per heavy atom. The summed E-state index contributed by atoms with van der Waals surface area (Å²) in [6, 6.07) is 0. The highest BCUT2D eigenvalue weighted by molar-refractivity contribution is 4.77. The first-order valence-corrected chi connectivity index (χ1v) is 6.01. The van der Waals surface area contributed by atoms with Gasteiger partial charge in [-0.3, -0.25) is 0 Å². The van der Waals surface area contributed by atoms with Crippen molar-refractivity contribution in [3.63, 3.8) is 0 Å². The molecule has 1 unspecified atom stereocenters. The van der Waals surface area contributed by atoms with Gasteiger partial charge >= 0.3 is 0 Å². The third kappa shape index (κ3) is 5.21. The molecule has 0 saturated heterocycles. The number of aryl methyl sites for hydroxylation is 2. The third-order valence-corrected chi connectivity index (χ3v) is 2.46. The van der Waals surface area contributed by atoms with E-state index in [4.69, 9.17) is 0 Å². The van der Waals surface area contributed by atoms with Gasteiger partial charge in [0, 0.05) is 6.42 Å². The van der Waals surface area contributed by atoms with E-state index in [2.05, 4.69) is 41.5 Å². The second kappa shape index (κ2) is 6.58. The molecule has 16 heavy (non-hydrogen) atoms. The van der Waals surface area contributed by atoms with Crippen LogP contribution in [0.4, 0.5) is 0 Å². The summed E-state index contributed by atoms with van der Waals surface area (Å²) < 4.78 is 0. The minimum absolute atomic E-state index is 0.655. The second-order valence-electron chi connectivity index (χ2n) is 4.89. The number of aromatic nitrogens is 4. The Morgan fingerprint density at radius 1 is 1.25 bits per heavy atom. The Bertz CT molecular complexity index is 294. The molecule has 1 rings (SSSR count). The Balaban J connectivity index is 2.12. The first-order valence-electron chi connectivity index (χ1n) is 6.01. The van der Waals surface area contributed by atoms with Gasteiger partial charge in [0.05, 0.1) is 7.05 Å². The zero-order chi connectivity index (χ0) is 12.0. The molecule has 1 aromatic rings. The van der Waals surface area contributed by atoms with E-state index < -0.39 is 0 Å². The Labute approximate surface area is 97.6 Å². The summed E-state index contributed by atoms with van der Waals surface area (Å²) in [5.74, 6) is 2.22. The van der Waals surface area contributed by atoms with Crippen LogP contribution in [-0.4, -0.2) is 33.3 Å².